The third kappa shape index (κ3) is 3.73. The third-order valence-electron chi connectivity index (χ3n) is 3.96. The van der Waals surface area contributed by atoms with Gasteiger partial charge in [0, 0.05) is 16.6 Å². The number of rotatable bonds is 2. The van der Waals surface area contributed by atoms with E-state index >= 15 is 0 Å². The second kappa shape index (κ2) is 5.73. The molecule has 0 saturated carbocycles. The molecule has 118 valence electrons. The highest BCUT2D eigenvalue weighted by atomic mass is 14.7. The number of hydrogen-bond acceptors (Lipinski definition) is 0. The van der Waals surface area contributed by atoms with E-state index in [1.807, 2.05) is 0 Å². The van der Waals surface area contributed by atoms with Gasteiger partial charge in [-0.3, -0.25) is 0 Å². The van der Waals surface area contributed by atoms with Crippen molar-refractivity contribution in [1.29, 1.82) is 0 Å². The summed E-state index contributed by atoms with van der Waals surface area (Å²) < 4.78 is 0. The van der Waals surface area contributed by atoms with E-state index in [9.17, 15) is 0 Å². The number of fused-ring (bicyclic) bond motifs is 1. The van der Waals surface area contributed by atoms with Crippen molar-refractivity contribution in [1.82, 2.24) is 4.98 Å². The van der Waals surface area contributed by atoms with Crippen molar-refractivity contribution in [2.24, 2.45) is 5.41 Å². The topological polar surface area (TPSA) is 15.8 Å². The molecule has 2 aromatic carbocycles. The van der Waals surface area contributed by atoms with Gasteiger partial charge in [0.25, 0.3) is 0 Å². The van der Waals surface area contributed by atoms with Crippen molar-refractivity contribution in [2.75, 3.05) is 0 Å². The predicted octanol–water partition coefficient (Wildman–Crippen LogP) is 6.51. The summed E-state index contributed by atoms with van der Waals surface area (Å²) in [4.78, 5) is 3.39. The van der Waals surface area contributed by atoms with Gasteiger partial charge >= 0.3 is 0 Å². The number of allylic oxidation sites excluding steroid dienone is 1. The Labute approximate surface area is 139 Å². The quantitative estimate of drug-likeness (QED) is 0.555. The Balaban J connectivity index is 2.03. The minimum Gasteiger partial charge on any atom is -0.359 e. The van der Waals surface area contributed by atoms with E-state index in [0.29, 0.717) is 0 Å². The monoisotopic (exact) mass is 303 g/mol. The van der Waals surface area contributed by atoms with Gasteiger partial charge in [-0.15, -0.1) is 0 Å². The zero-order valence-corrected chi connectivity index (χ0v) is 14.7. The molecule has 0 spiro atoms. The van der Waals surface area contributed by atoms with Gasteiger partial charge in [-0.2, -0.15) is 0 Å². The number of benzene rings is 2. The lowest BCUT2D eigenvalue weighted by molar-refractivity contribution is 0.547. The number of aryl methyl sites for hydroxylation is 2. The molecular formula is C22H25N. The van der Waals surface area contributed by atoms with Crippen molar-refractivity contribution in [2.45, 2.75) is 34.6 Å². The van der Waals surface area contributed by atoms with Crippen molar-refractivity contribution in [3.8, 4) is 11.1 Å². The van der Waals surface area contributed by atoms with Gasteiger partial charge in [0.2, 0.25) is 0 Å². The van der Waals surface area contributed by atoms with Crippen molar-refractivity contribution >= 4 is 17.0 Å². The average Bonchev–Trinajstić information content (AvgIpc) is 2.83. The molecule has 0 unspecified atom stereocenters. The lowest BCUT2D eigenvalue weighted by Crippen LogP contribution is -1.98. The summed E-state index contributed by atoms with van der Waals surface area (Å²) in [6.07, 6.45) is 4.50. The Morgan fingerprint density at radius 2 is 1.65 bits per heavy atom. The summed E-state index contributed by atoms with van der Waals surface area (Å²) in [6, 6.07) is 15.6. The second-order valence-corrected chi connectivity index (χ2v) is 7.59. The predicted molar refractivity (Wildman–Crippen MR) is 102 cm³/mol. The van der Waals surface area contributed by atoms with Gasteiger partial charge in [0.1, 0.15) is 0 Å². The van der Waals surface area contributed by atoms with Crippen LogP contribution in [-0.4, -0.2) is 4.98 Å². The van der Waals surface area contributed by atoms with Crippen molar-refractivity contribution in [3.05, 3.63) is 65.4 Å². The third-order valence-corrected chi connectivity index (χ3v) is 3.96. The van der Waals surface area contributed by atoms with E-state index in [0.717, 1.165) is 0 Å². The van der Waals surface area contributed by atoms with Crippen molar-refractivity contribution in [3.63, 3.8) is 0 Å². The van der Waals surface area contributed by atoms with Crippen LogP contribution in [0.25, 0.3) is 28.1 Å². The fourth-order valence-corrected chi connectivity index (χ4v) is 2.88. The normalized spacial score (nSPS) is 12.4. The molecule has 0 aliphatic heterocycles. The van der Waals surface area contributed by atoms with Gasteiger partial charge in [0.05, 0.1) is 0 Å². The molecule has 0 aliphatic carbocycles. The van der Waals surface area contributed by atoms with E-state index in [-0.39, 0.29) is 5.41 Å². The van der Waals surface area contributed by atoms with Crippen LogP contribution in [0.1, 0.15) is 37.6 Å². The van der Waals surface area contributed by atoms with Crippen LogP contribution >= 0.6 is 0 Å². The summed E-state index contributed by atoms with van der Waals surface area (Å²) in [5, 5.41) is 1.27. The first-order chi connectivity index (χ1) is 10.8. The highest BCUT2D eigenvalue weighted by molar-refractivity contribution is 5.86. The maximum absolute atomic E-state index is 3.39. The minimum absolute atomic E-state index is 0.200. The van der Waals surface area contributed by atoms with Crippen LogP contribution in [0, 0.1) is 19.3 Å². The maximum Gasteiger partial charge on any atom is 0.0456 e. The SMILES string of the molecule is Cc1cc(/C=C/C(C)(C)C)cc(-c2ccc3[nH]c(C)cc3c2)c1. The average molecular weight is 303 g/mol. The Morgan fingerprint density at radius 3 is 2.39 bits per heavy atom. The van der Waals surface area contributed by atoms with Crippen LogP contribution in [0.3, 0.4) is 0 Å². The maximum atomic E-state index is 3.39. The standard InChI is InChI=1S/C22H25N/c1-15-10-17(8-9-22(3,4)5)13-19(11-15)18-6-7-21-20(14-18)12-16(2)23-21/h6-14,23H,1-5H3/b9-8+. The molecule has 1 heterocycles. The van der Waals surface area contributed by atoms with E-state index in [1.165, 1.54) is 38.9 Å². The van der Waals surface area contributed by atoms with Gasteiger partial charge in [-0.05, 0) is 65.8 Å². The molecule has 0 radical (unpaired) electrons. The number of hydrogen-bond donors (Lipinski definition) is 1. The summed E-state index contributed by atoms with van der Waals surface area (Å²) >= 11 is 0. The molecule has 3 aromatic rings. The zero-order valence-electron chi connectivity index (χ0n) is 14.7. The molecule has 0 atom stereocenters. The Morgan fingerprint density at radius 1 is 0.870 bits per heavy atom. The number of aromatic amines is 1. The number of nitrogens with one attached hydrogen (secondary N) is 1. The molecule has 3 rings (SSSR count). The summed E-state index contributed by atoms with van der Waals surface area (Å²) in [7, 11) is 0. The molecule has 1 heteroatoms. The van der Waals surface area contributed by atoms with Gasteiger partial charge in [-0.25, -0.2) is 0 Å². The first kappa shape index (κ1) is 15.6. The van der Waals surface area contributed by atoms with Crippen LogP contribution in [0.5, 0.6) is 0 Å². The molecule has 23 heavy (non-hydrogen) atoms. The van der Waals surface area contributed by atoms with E-state index < -0.39 is 0 Å². The van der Waals surface area contributed by atoms with E-state index in [1.54, 1.807) is 0 Å². The first-order valence-electron chi connectivity index (χ1n) is 8.21. The minimum atomic E-state index is 0.200. The lowest BCUT2D eigenvalue weighted by atomic mass is 9.94. The van der Waals surface area contributed by atoms with Gasteiger partial charge in [0.15, 0.2) is 0 Å². The Bertz CT molecular complexity index is 873. The molecule has 0 saturated heterocycles. The highest BCUT2D eigenvalue weighted by Crippen LogP contribution is 2.27. The van der Waals surface area contributed by atoms with Crippen molar-refractivity contribution < 1.29 is 0 Å². The smallest absolute Gasteiger partial charge is 0.0456 e. The second-order valence-electron chi connectivity index (χ2n) is 7.59. The van der Waals surface area contributed by atoms with Crippen LogP contribution in [0.4, 0.5) is 0 Å². The Hall–Kier alpha value is -2.28. The zero-order chi connectivity index (χ0) is 16.6. The molecule has 0 fully saturated rings. The molecule has 0 amide bonds. The highest BCUT2D eigenvalue weighted by Gasteiger charge is 2.06. The van der Waals surface area contributed by atoms with Gasteiger partial charge in [-0.1, -0.05) is 51.1 Å². The molecule has 1 aromatic heterocycles. The fourth-order valence-electron chi connectivity index (χ4n) is 2.88. The lowest BCUT2D eigenvalue weighted by Gasteiger charge is -2.12. The van der Waals surface area contributed by atoms with Crippen LogP contribution in [0.2, 0.25) is 0 Å². The van der Waals surface area contributed by atoms with E-state index in [4.69, 9.17) is 0 Å². The molecule has 0 bridgehead atoms. The van der Waals surface area contributed by atoms with Gasteiger partial charge < -0.3 is 4.98 Å². The molecular weight excluding hydrogens is 278 g/mol. The first-order valence-corrected chi connectivity index (χ1v) is 8.21. The largest absolute Gasteiger partial charge is 0.359 e. The summed E-state index contributed by atoms with van der Waals surface area (Å²) in [6.45, 7) is 10.9. The molecule has 0 aliphatic rings. The summed E-state index contributed by atoms with van der Waals surface area (Å²) in [5.41, 5.74) is 7.71. The summed E-state index contributed by atoms with van der Waals surface area (Å²) in [5.74, 6) is 0. The van der Waals surface area contributed by atoms with E-state index in [2.05, 4.69) is 94.2 Å². The van der Waals surface area contributed by atoms with Crippen LogP contribution in [0.15, 0.2) is 48.5 Å². The molecule has 1 N–H and O–H groups in total. The number of aromatic nitrogens is 1. The fraction of sp³-hybridized carbons (Fsp3) is 0.273. The molecule has 1 nitrogen and oxygen atoms in total. The Kier molecular flexibility index (Phi) is 3.89. The van der Waals surface area contributed by atoms with Crippen LogP contribution < -0.4 is 0 Å². The van der Waals surface area contributed by atoms with Crippen LogP contribution in [-0.2, 0) is 0 Å². The number of H-pyrrole nitrogens is 1.